The van der Waals surface area contributed by atoms with Crippen LogP contribution in [0, 0.1) is 0 Å². The quantitative estimate of drug-likeness (QED) is 0.768. The molecule has 0 aliphatic carbocycles. The second-order valence-electron chi connectivity index (χ2n) is 3.27. The second-order valence-corrected chi connectivity index (χ2v) is 3.27. The summed E-state index contributed by atoms with van der Waals surface area (Å²) in [4.78, 5) is 14.6. The van der Waals surface area contributed by atoms with E-state index < -0.39 is 5.97 Å². The number of carboxylic acid groups (broad SMARTS) is 1. The zero-order valence-electron chi connectivity index (χ0n) is 8.73. The molecule has 1 aromatic heterocycles. The van der Waals surface area contributed by atoms with Crippen molar-refractivity contribution in [3.63, 3.8) is 0 Å². The van der Waals surface area contributed by atoms with Gasteiger partial charge in [-0.1, -0.05) is 5.57 Å². The average molecular weight is 207 g/mol. The third-order valence-electron chi connectivity index (χ3n) is 1.75. The molecule has 0 fully saturated rings. The maximum atomic E-state index is 10.8. The van der Waals surface area contributed by atoms with Crippen molar-refractivity contribution in [2.24, 2.45) is 0 Å². The van der Waals surface area contributed by atoms with Crippen LogP contribution in [0.4, 0.5) is 0 Å². The van der Waals surface area contributed by atoms with Crippen molar-refractivity contribution in [3.05, 3.63) is 35.7 Å². The zero-order chi connectivity index (χ0) is 11.3. The smallest absolute Gasteiger partial charge is 0.339 e. The zero-order valence-corrected chi connectivity index (χ0v) is 8.73. The molecule has 0 radical (unpaired) electrons. The van der Waals surface area contributed by atoms with E-state index in [-0.39, 0.29) is 5.56 Å². The van der Waals surface area contributed by atoms with Crippen molar-refractivity contribution < 1.29 is 14.6 Å². The van der Waals surface area contributed by atoms with Crippen molar-refractivity contribution in [2.75, 3.05) is 6.61 Å². The fourth-order valence-corrected chi connectivity index (χ4v) is 0.970. The summed E-state index contributed by atoms with van der Waals surface area (Å²) in [5.41, 5.74) is 1.25. The molecule has 0 bridgehead atoms. The third-order valence-corrected chi connectivity index (χ3v) is 1.75. The molecule has 0 spiro atoms. The highest BCUT2D eigenvalue weighted by Gasteiger charge is 2.09. The number of ether oxygens (including phenoxy) is 1. The number of hydrogen-bond donors (Lipinski definition) is 1. The molecule has 4 nitrogen and oxygen atoms in total. The number of nitrogens with zero attached hydrogens (tertiary/aromatic N) is 1. The molecule has 0 aliphatic rings. The molecule has 1 aromatic rings. The number of aromatic carboxylic acids is 1. The molecular weight excluding hydrogens is 194 g/mol. The highest BCUT2D eigenvalue weighted by molar-refractivity contribution is 5.90. The molecule has 1 N–H and O–H groups in total. The Balaban J connectivity index is 2.76. The number of allylic oxidation sites excluding steroid dienone is 1. The molecule has 0 aliphatic heterocycles. The van der Waals surface area contributed by atoms with Gasteiger partial charge in [0.2, 0.25) is 0 Å². The van der Waals surface area contributed by atoms with E-state index in [1.54, 1.807) is 0 Å². The summed E-state index contributed by atoms with van der Waals surface area (Å²) in [5, 5.41) is 8.85. The maximum Gasteiger partial charge on any atom is 0.339 e. The molecule has 15 heavy (non-hydrogen) atoms. The van der Waals surface area contributed by atoms with Gasteiger partial charge >= 0.3 is 5.97 Å². The number of aromatic nitrogens is 1. The first-order valence-electron chi connectivity index (χ1n) is 4.54. The van der Waals surface area contributed by atoms with Crippen molar-refractivity contribution in [2.45, 2.75) is 13.8 Å². The fraction of sp³-hybridized carbons (Fsp3) is 0.273. The van der Waals surface area contributed by atoms with Crippen LogP contribution in [0.15, 0.2) is 30.1 Å². The minimum atomic E-state index is -1.01. The Kier molecular flexibility index (Phi) is 3.85. The molecule has 80 valence electrons. The Bertz CT molecular complexity index is 381. The molecule has 0 unspecified atom stereocenters. The third kappa shape index (κ3) is 3.42. The molecule has 1 heterocycles. The largest absolute Gasteiger partial charge is 0.487 e. The van der Waals surface area contributed by atoms with Crippen LogP contribution in [0.2, 0.25) is 0 Å². The lowest BCUT2D eigenvalue weighted by Crippen LogP contribution is -2.03. The predicted molar refractivity (Wildman–Crippen MR) is 56.1 cm³/mol. The summed E-state index contributed by atoms with van der Waals surface area (Å²) in [6.45, 7) is 4.25. The molecule has 0 amide bonds. The SMILES string of the molecule is CC(C)=CCOc1cnccc1C(=O)O. The molecule has 0 saturated heterocycles. The topological polar surface area (TPSA) is 59.4 Å². The molecule has 0 saturated carbocycles. The van der Waals surface area contributed by atoms with Gasteiger partial charge in [-0.2, -0.15) is 0 Å². The van der Waals surface area contributed by atoms with E-state index in [0.29, 0.717) is 12.4 Å². The van der Waals surface area contributed by atoms with Gasteiger partial charge in [0.25, 0.3) is 0 Å². The first-order valence-corrected chi connectivity index (χ1v) is 4.54. The first kappa shape index (κ1) is 11.2. The average Bonchev–Trinajstić information content (AvgIpc) is 2.17. The highest BCUT2D eigenvalue weighted by atomic mass is 16.5. The van der Waals surface area contributed by atoms with Gasteiger partial charge < -0.3 is 9.84 Å². The fourth-order valence-electron chi connectivity index (χ4n) is 0.970. The lowest BCUT2D eigenvalue weighted by molar-refractivity contribution is 0.0692. The van der Waals surface area contributed by atoms with Crippen LogP contribution in [0.3, 0.4) is 0 Å². The van der Waals surface area contributed by atoms with E-state index in [1.165, 1.54) is 18.5 Å². The van der Waals surface area contributed by atoms with E-state index in [0.717, 1.165) is 5.57 Å². The number of carboxylic acids is 1. The normalized spacial score (nSPS) is 9.47. The number of carbonyl (C=O) groups is 1. The van der Waals surface area contributed by atoms with Gasteiger partial charge in [0.15, 0.2) is 5.75 Å². The van der Waals surface area contributed by atoms with E-state index >= 15 is 0 Å². The Morgan fingerprint density at radius 3 is 2.93 bits per heavy atom. The summed E-state index contributed by atoms with van der Waals surface area (Å²) in [5.74, 6) is -0.716. The van der Waals surface area contributed by atoms with Crippen LogP contribution in [-0.2, 0) is 0 Å². The summed E-state index contributed by atoms with van der Waals surface area (Å²) >= 11 is 0. The van der Waals surface area contributed by atoms with Crippen LogP contribution in [0.25, 0.3) is 0 Å². The van der Waals surface area contributed by atoms with Crippen LogP contribution in [0.5, 0.6) is 5.75 Å². The summed E-state index contributed by atoms with van der Waals surface area (Å²) in [7, 11) is 0. The predicted octanol–water partition coefficient (Wildman–Crippen LogP) is 2.12. The van der Waals surface area contributed by atoms with Crippen LogP contribution >= 0.6 is 0 Å². The molecule has 0 atom stereocenters. The minimum Gasteiger partial charge on any atom is -0.487 e. The lowest BCUT2D eigenvalue weighted by atomic mass is 10.2. The van der Waals surface area contributed by atoms with Crippen molar-refractivity contribution in [1.82, 2.24) is 4.98 Å². The van der Waals surface area contributed by atoms with Gasteiger partial charge in [-0.3, -0.25) is 4.98 Å². The Morgan fingerprint density at radius 1 is 1.60 bits per heavy atom. The van der Waals surface area contributed by atoms with E-state index in [1.807, 2.05) is 19.9 Å². The van der Waals surface area contributed by atoms with Crippen LogP contribution in [0.1, 0.15) is 24.2 Å². The lowest BCUT2D eigenvalue weighted by Gasteiger charge is -2.05. The van der Waals surface area contributed by atoms with Gasteiger partial charge in [0, 0.05) is 6.20 Å². The van der Waals surface area contributed by atoms with Gasteiger partial charge in [0.05, 0.1) is 6.20 Å². The van der Waals surface area contributed by atoms with Crippen LogP contribution in [-0.4, -0.2) is 22.7 Å². The summed E-state index contributed by atoms with van der Waals surface area (Å²) in [6, 6.07) is 1.42. The van der Waals surface area contributed by atoms with E-state index in [2.05, 4.69) is 4.98 Å². The minimum absolute atomic E-state index is 0.132. The van der Waals surface area contributed by atoms with Gasteiger partial charge in [-0.05, 0) is 26.0 Å². The number of rotatable bonds is 4. The number of pyridine rings is 1. The Hall–Kier alpha value is -1.84. The summed E-state index contributed by atoms with van der Waals surface area (Å²) in [6.07, 6.45) is 4.71. The van der Waals surface area contributed by atoms with Gasteiger partial charge in [-0.25, -0.2) is 4.79 Å². The highest BCUT2D eigenvalue weighted by Crippen LogP contribution is 2.16. The summed E-state index contributed by atoms with van der Waals surface area (Å²) < 4.78 is 5.29. The molecular formula is C11H13NO3. The number of hydrogen-bond acceptors (Lipinski definition) is 3. The molecule has 1 rings (SSSR count). The van der Waals surface area contributed by atoms with E-state index in [4.69, 9.17) is 9.84 Å². The van der Waals surface area contributed by atoms with Crippen LogP contribution < -0.4 is 4.74 Å². The van der Waals surface area contributed by atoms with Gasteiger partial charge in [0.1, 0.15) is 12.2 Å². The van der Waals surface area contributed by atoms with Crippen molar-refractivity contribution >= 4 is 5.97 Å². The van der Waals surface area contributed by atoms with Gasteiger partial charge in [-0.15, -0.1) is 0 Å². The van der Waals surface area contributed by atoms with Crippen molar-refractivity contribution in [1.29, 1.82) is 0 Å². The maximum absolute atomic E-state index is 10.8. The Labute approximate surface area is 88.2 Å². The standard InChI is InChI=1S/C11H13NO3/c1-8(2)4-6-15-10-7-12-5-3-9(10)11(13)14/h3-5,7H,6H2,1-2H3,(H,13,14). The Morgan fingerprint density at radius 2 is 2.33 bits per heavy atom. The second kappa shape index (κ2) is 5.14. The first-order chi connectivity index (χ1) is 7.11. The molecule has 0 aromatic carbocycles. The monoisotopic (exact) mass is 207 g/mol. The van der Waals surface area contributed by atoms with Crippen molar-refractivity contribution in [3.8, 4) is 5.75 Å². The van der Waals surface area contributed by atoms with E-state index in [9.17, 15) is 4.79 Å². The molecule has 4 heteroatoms.